The van der Waals surface area contributed by atoms with Crippen LogP contribution in [0.1, 0.15) is 41.4 Å². The Labute approximate surface area is 224 Å². The van der Waals surface area contributed by atoms with Crippen molar-refractivity contribution in [2.75, 3.05) is 17.2 Å². The van der Waals surface area contributed by atoms with Crippen molar-refractivity contribution < 1.29 is 0 Å². The molecular weight excluding hydrogens is 488 g/mol. The van der Waals surface area contributed by atoms with E-state index in [0.29, 0.717) is 40.3 Å². The average Bonchev–Trinajstić information content (AvgIpc) is 3.46. The van der Waals surface area contributed by atoms with Crippen molar-refractivity contribution in [2.24, 2.45) is 0 Å². The molecule has 0 radical (unpaired) electrons. The van der Waals surface area contributed by atoms with Gasteiger partial charge in [0, 0.05) is 30.1 Å². The molecule has 0 bridgehead atoms. The lowest BCUT2D eigenvalue weighted by Crippen LogP contribution is -2.32. The Morgan fingerprint density at radius 3 is 2.67 bits per heavy atom. The minimum absolute atomic E-state index is 0.122. The number of nitriles is 1. The molecule has 9 heteroatoms. The van der Waals surface area contributed by atoms with E-state index in [1.165, 1.54) is 6.33 Å². The summed E-state index contributed by atoms with van der Waals surface area (Å²) in [6.45, 7) is 0.634. The van der Waals surface area contributed by atoms with Gasteiger partial charge in [0.1, 0.15) is 29.6 Å². The Hall–Kier alpha value is -5.54. The van der Waals surface area contributed by atoms with Crippen molar-refractivity contribution in [1.29, 1.82) is 5.26 Å². The van der Waals surface area contributed by atoms with Crippen LogP contribution in [0.5, 0.6) is 0 Å². The van der Waals surface area contributed by atoms with Crippen LogP contribution >= 0.6 is 0 Å². The summed E-state index contributed by atoms with van der Waals surface area (Å²) in [6.07, 6.45) is 6.28. The van der Waals surface area contributed by atoms with Crippen LogP contribution < -0.4 is 16.2 Å². The molecular formula is C30H22N8O. The number of para-hydroxylation sites is 1. The first kappa shape index (κ1) is 23.8. The van der Waals surface area contributed by atoms with E-state index in [1.54, 1.807) is 17.0 Å². The molecule has 0 unspecified atom stereocenters. The second kappa shape index (κ2) is 10.1. The fourth-order valence-corrected chi connectivity index (χ4v) is 4.98. The fraction of sp³-hybridized carbons (Fsp3) is 0.133. The quantitative estimate of drug-likeness (QED) is 0.364. The van der Waals surface area contributed by atoms with Crippen LogP contribution in [0.4, 0.5) is 11.6 Å². The van der Waals surface area contributed by atoms with Gasteiger partial charge in [0.25, 0.3) is 5.56 Å². The molecule has 1 saturated heterocycles. The zero-order valence-corrected chi connectivity index (χ0v) is 20.8. The highest BCUT2D eigenvalue weighted by atomic mass is 16.1. The molecule has 1 atom stereocenters. The molecule has 4 heterocycles. The van der Waals surface area contributed by atoms with Gasteiger partial charge in [0.05, 0.1) is 22.6 Å². The van der Waals surface area contributed by atoms with Gasteiger partial charge < -0.3 is 10.6 Å². The normalized spacial score (nSPS) is 14.5. The van der Waals surface area contributed by atoms with Gasteiger partial charge >= 0.3 is 0 Å². The number of hydrogen-bond donors (Lipinski definition) is 1. The van der Waals surface area contributed by atoms with Gasteiger partial charge in [-0.25, -0.2) is 15.0 Å². The summed E-state index contributed by atoms with van der Waals surface area (Å²) in [7, 11) is 0. The van der Waals surface area contributed by atoms with Crippen molar-refractivity contribution in [3.8, 4) is 23.6 Å². The van der Waals surface area contributed by atoms with Crippen LogP contribution in [0, 0.1) is 23.2 Å². The van der Waals surface area contributed by atoms with Gasteiger partial charge in [-0.15, -0.1) is 0 Å². The summed E-state index contributed by atoms with van der Waals surface area (Å²) in [4.78, 5) is 33.8. The summed E-state index contributed by atoms with van der Waals surface area (Å²) in [5.74, 6) is 7.38. The topological polar surface area (TPSA) is 127 Å². The molecule has 0 saturated carbocycles. The maximum atomic E-state index is 14.3. The molecule has 2 N–H and O–H groups in total. The lowest BCUT2D eigenvalue weighted by atomic mass is 10.1. The van der Waals surface area contributed by atoms with Gasteiger partial charge in [-0.3, -0.25) is 14.3 Å². The molecule has 1 aliphatic heterocycles. The minimum atomic E-state index is -0.311. The lowest BCUT2D eigenvalue weighted by molar-refractivity contribution is 0.632. The Bertz CT molecular complexity index is 1850. The van der Waals surface area contributed by atoms with E-state index in [0.717, 1.165) is 18.4 Å². The summed E-state index contributed by atoms with van der Waals surface area (Å²) in [5.41, 5.74) is 8.58. The van der Waals surface area contributed by atoms with Crippen molar-refractivity contribution >= 4 is 22.5 Å². The molecule has 0 amide bonds. The summed E-state index contributed by atoms with van der Waals surface area (Å²) >= 11 is 0. The molecule has 39 heavy (non-hydrogen) atoms. The van der Waals surface area contributed by atoms with Crippen LogP contribution in [0.3, 0.4) is 0 Å². The lowest BCUT2D eigenvalue weighted by Gasteiger charge is -2.28. The van der Waals surface area contributed by atoms with E-state index in [9.17, 15) is 10.1 Å². The van der Waals surface area contributed by atoms with Crippen molar-refractivity contribution in [3.05, 3.63) is 112 Å². The van der Waals surface area contributed by atoms with Gasteiger partial charge in [-0.05, 0) is 49.2 Å². The minimum Gasteiger partial charge on any atom is -0.382 e. The van der Waals surface area contributed by atoms with E-state index in [2.05, 4.69) is 32.9 Å². The Kier molecular flexibility index (Phi) is 6.16. The molecule has 1 fully saturated rings. The number of pyridine rings is 1. The van der Waals surface area contributed by atoms with E-state index < -0.39 is 0 Å². The molecule has 0 aliphatic carbocycles. The van der Waals surface area contributed by atoms with Gasteiger partial charge in [0.2, 0.25) is 0 Å². The van der Waals surface area contributed by atoms with Crippen LogP contribution in [0.25, 0.3) is 16.6 Å². The van der Waals surface area contributed by atoms with Crippen molar-refractivity contribution in [3.63, 3.8) is 0 Å². The third-order valence-electron chi connectivity index (χ3n) is 6.73. The molecule has 2 aromatic carbocycles. The van der Waals surface area contributed by atoms with E-state index in [-0.39, 0.29) is 23.0 Å². The first-order valence-corrected chi connectivity index (χ1v) is 12.5. The molecule has 6 rings (SSSR count). The van der Waals surface area contributed by atoms with Crippen LogP contribution in [-0.4, -0.2) is 31.0 Å². The summed E-state index contributed by atoms with van der Waals surface area (Å²) < 4.78 is 1.65. The predicted molar refractivity (Wildman–Crippen MR) is 148 cm³/mol. The fourth-order valence-electron chi connectivity index (χ4n) is 4.98. The number of anilines is 2. The van der Waals surface area contributed by atoms with Gasteiger partial charge in [-0.2, -0.15) is 5.26 Å². The smallest absolute Gasteiger partial charge is 0.267 e. The maximum absolute atomic E-state index is 14.3. The number of benzene rings is 2. The number of nitrogen functional groups attached to an aromatic ring is 1. The highest BCUT2D eigenvalue weighted by Gasteiger charge is 2.34. The molecule has 0 spiro atoms. The van der Waals surface area contributed by atoms with E-state index >= 15 is 0 Å². The SMILES string of the molecule is N#Cc1c(N)ncnc1N1CCC[C@H]1c1nc2cccc(C#Cc3cccnc3)c2c(=O)n1-c1ccccc1. The third kappa shape index (κ3) is 4.32. The van der Waals surface area contributed by atoms with Crippen LogP contribution in [0.2, 0.25) is 0 Å². The first-order valence-electron chi connectivity index (χ1n) is 12.5. The van der Waals surface area contributed by atoms with Gasteiger partial charge in [0.15, 0.2) is 5.82 Å². The monoisotopic (exact) mass is 510 g/mol. The second-order valence-corrected chi connectivity index (χ2v) is 9.06. The molecule has 1 aliphatic rings. The van der Waals surface area contributed by atoms with Gasteiger partial charge in [-0.1, -0.05) is 36.1 Å². The molecule has 3 aromatic heterocycles. The largest absolute Gasteiger partial charge is 0.382 e. The zero-order valence-electron chi connectivity index (χ0n) is 20.8. The Morgan fingerprint density at radius 2 is 1.87 bits per heavy atom. The number of nitrogens with two attached hydrogens (primary N) is 1. The van der Waals surface area contributed by atoms with Crippen molar-refractivity contribution in [2.45, 2.75) is 18.9 Å². The number of fused-ring (bicyclic) bond motifs is 1. The highest BCUT2D eigenvalue weighted by Crippen LogP contribution is 2.37. The van der Waals surface area contributed by atoms with E-state index in [1.807, 2.05) is 65.6 Å². The third-order valence-corrected chi connectivity index (χ3v) is 6.73. The highest BCUT2D eigenvalue weighted by molar-refractivity contribution is 5.85. The predicted octanol–water partition coefficient (Wildman–Crippen LogP) is 3.77. The van der Waals surface area contributed by atoms with Crippen molar-refractivity contribution in [1.82, 2.24) is 24.5 Å². The van der Waals surface area contributed by atoms with Crippen LogP contribution in [0.15, 0.2) is 84.2 Å². The maximum Gasteiger partial charge on any atom is 0.267 e. The molecule has 5 aromatic rings. The second-order valence-electron chi connectivity index (χ2n) is 9.06. The van der Waals surface area contributed by atoms with Crippen LogP contribution in [-0.2, 0) is 0 Å². The summed E-state index contributed by atoms with van der Waals surface area (Å²) in [5, 5.41) is 10.2. The number of nitrogens with zero attached hydrogens (tertiary/aromatic N) is 7. The Morgan fingerprint density at radius 1 is 1.00 bits per heavy atom. The number of hydrogen-bond acceptors (Lipinski definition) is 8. The molecule has 188 valence electrons. The summed E-state index contributed by atoms with van der Waals surface area (Å²) in [6, 6.07) is 20.4. The zero-order chi connectivity index (χ0) is 26.8. The molecule has 9 nitrogen and oxygen atoms in total. The number of rotatable bonds is 3. The number of aromatic nitrogens is 5. The Balaban J connectivity index is 1.58. The van der Waals surface area contributed by atoms with E-state index in [4.69, 9.17) is 10.7 Å². The standard InChI is InChI=1S/C30H22N8O/c31-17-23-27(32)34-19-35-28(23)37-16-6-12-25(37)29-36-24-11-4-8-21(14-13-20-7-5-15-33-18-20)26(24)30(39)38(29)22-9-2-1-3-10-22/h1-5,7-11,15,18-19,25H,6,12,16H2,(H2,32,34,35)/t25-/m0/s1. The first-order chi connectivity index (χ1) is 19.2. The average molecular weight is 511 g/mol.